The van der Waals surface area contributed by atoms with Crippen molar-refractivity contribution < 1.29 is 35.9 Å². The molecule has 0 N–H and O–H groups in total. The number of hydrogen-bond acceptors (Lipinski definition) is 6. The lowest BCUT2D eigenvalue weighted by molar-refractivity contribution is -0.188. The molecule has 1 spiro atoms. The molecule has 3 aliphatic heterocycles. The second-order valence-electron chi connectivity index (χ2n) is 10.7. The van der Waals surface area contributed by atoms with Crippen LogP contribution in [0.2, 0.25) is 0 Å². The highest BCUT2D eigenvalue weighted by molar-refractivity contribution is 7.91. The molecule has 12 heteroatoms. The van der Waals surface area contributed by atoms with E-state index in [1.54, 1.807) is 4.90 Å². The fourth-order valence-electron chi connectivity index (χ4n) is 6.00. The monoisotopic (exact) mass is 543 g/mol. The maximum Gasteiger partial charge on any atom is 0.471 e. The summed E-state index contributed by atoms with van der Waals surface area (Å²) in [5, 5.41) is 0. The number of hydrogen-bond donors (Lipinski definition) is 0. The standard InChI is InChI=1S/C25H32F3N3O5S/c26-25(27,28)23(33)31(21-14-20(21)18-4-2-1-3-5-18)19-15-24(36-17-19)6-8-29(9-7-24)16-22(32)30-10-12-37(34,35)13-11-30/h1-5,19-21H,6-17H2/t19?,20-,21+/m0/s1. The van der Waals surface area contributed by atoms with E-state index in [2.05, 4.69) is 0 Å². The summed E-state index contributed by atoms with van der Waals surface area (Å²) in [5.74, 6) is -2.05. The van der Waals surface area contributed by atoms with E-state index in [9.17, 15) is 31.2 Å². The summed E-state index contributed by atoms with van der Waals surface area (Å²) in [6.07, 6.45) is -2.98. The smallest absolute Gasteiger partial charge is 0.373 e. The number of ether oxygens (including phenoxy) is 1. The van der Waals surface area contributed by atoms with Gasteiger partial charge in [-0.1, -0.05) is 30.3 Å². The van der Waals surface area contributed by atoms with Gasteiger partial charge >= 0.3 is 12.1 Å². The van der Waals surface area contributed by atoms with Gasteiger partial charge in [-0.15, -0.1) is 0 Å². The van der Waals surface area contributed by atoms with Crippen molar-refractivity contribution in [1.82, 2.24) is 14.7 Å². The zero-order valence-electron chi connectivity index (χ0n) is 20.5. The minimum atomic E-state index is -4.95. The fourth-order valence-corrected chi connectivity index (χ4v) is 7.20. The number of benzene rings is 1. The molecule has 204 valence electrons. The summed E-state index contributed by atoms with van der Waals surface area (Å²) in [5.41, 5.74) is 0.329. The molecule has 3 heterocycles. The van der Waals surface area contributed by atoms with E-state index in [1.165, 1.54) is 0 Å². The minimum Gasteiger partial charge on any atom is -0.373 e. The molecule has 3 atom stereocenters. The summed E-state index contributed by atoms with van der Waals surface area (Å²) in [4.78, 5) is 29.7. The summed E-state index contributed by atoms with van der Waals surface area (Å²) in [6.45, 7) is 1.76. The molecule has 1 unspecified atom stereocenters. The van der Waals surface area contributed by atoms with Gasteiger partial charge in [0.25, 0.3) is 0 Å². The van der Waals surface area contributed by atoms with E-state index in [0.29, 0.717) is 38.8 Å². The second-order valence-corrected chi connectivity index (χ2v) is 13.0. The molecular formula is C25H32F3N3O5S. The minimum absolute atomic E-state index is 0.0175. The van der Waals surface area contributed by atoms with Crippen molar-refractivity contribution in [3.8, 4) is 0 Å². The Morgan fingerprint density at radius 3 is 2.32 bits per heavy atom. The molecule has 8 nitrogen and oxygen atoms in total. The largest absolute Gasteiger partial charge is 0.471 e. The Kier molecular flexibility index (Phi) is 7.03. The topological polar surface area (TPSA) is 87.2 Å². The van der Waals surface area contributed by atoms with Gasteiger partial charge in [0.1, 0.15) is 0 Å². The SMILES string of the molecule is O=C(CN1CCC2(CC1)CC(N(C(=O)C(F)(F)F)[C@@H]1C[C@H]1c1ccccc1)CO2)N1CCS(=O)(=O)CC1. The number of alkyl halides is 3. The van der Waals surface area contributed by atoms with Crippen molar-refractivity contribution in [2.24, 2.45) is 0 Å². The van der Waals surface area contributed by atoms with Gasteiger partial charge in [0, 0.05) is 38.1 Å². The summed E-state index contributed by atoms with van der Waals surface area (Å²) < 4.78 is 70.0. The van der Waals surface area contributed by atoms with Crippen LogP contribution in [0.3, 0.4) is 0 Å². The summed E-state index contributed by atoms with van der Waals surface area (Å²) in [6, 6.07) is 8.17. The molecule has 5 rings (SSSR count). The van der Waals surface area contributed by atoms with E-state index in [0.717, 1.165) is 10.5 Å². The fraction of sp³-hybridized carbons (Fsp3) is 0.680. The van der Waals surface area contributed by atoms with Gasteiger partial charge < -0.3 is 14.5 Å². The first kappa shape index (κ1) is 26.4. The molecular weight excluding hydrogens is 511 g/mol. The van der Waals surface area contributed by atoms with Gasteiger partial charge in [-0.25, -0.2) is 8.42 Å². The number of halogens is 3. The molecule has 3 saturated heterocycles. The van der Waals surface area contributed by atoms with Gasteiger partial charge in [-0.05, 0) is 31.2 Å². The second kappa shape index (κ2) is 9.85. The number of likely N-dealkylation sites (tertiary alicyclic amines) is 1. The van der Waals surface area contributed by atoms with E-state index >= 15 is 0 Å². The molecule has 0 bridgehead atoms. The lowest BCUT2D eigenvalue weighted by atomic mass is 9.87. The molecule has 1 saturated carbocycles. The van der Waals surface area contributed by atoms with Crippen molar-refractivity contribution >= 4 is 21.7 Å². The number of carbonyl (C=O) groups is 2. The Morgan fingerprint density at radius 1 is 1.05 bits per heavy atom. The summed E-state index contributed by atoms with van der Waals surface area (Å²) >= 11 is 0. The number of sulfone groups is 1. The quantitative estimate of drug-likeness (QED) is 0.563. The zero-order valence-corrected chi connectivity index (χ0v) is 21.3. The first-order valence-corrected chi connectivity index (χ1v) is 14.6. The van der Waals surface area contributed by atoms with Crippen LogP contribution in [-0.2, 0) is 24.2 Å². The third-order valence-electron chi connectivity index (χ3n) is 8.23. The molecule has 0 aromatic heterocycles. The van der Waals surface area contributed by atoms with Gasteiger partial charge in [0.2, 0.25) is 5.91 Å². The van der Waals surface area contributed by atoms with E-state index in [4.69, 9.17) is 4.74 Å². The molecule has 4 fully saturated rings. The number of carbonyl (C=O) groups excluding carboxylic acids is 2. The number of piperidine rings is 1. The average molecular weight is 544 g/mol. The average Bonchev–Trinajstić information content (AvgIpc) is 3.54. The molecule has 4 aliphatic rings. The van der Waals surface area contributed by atoms with Gasteiger partial charge in [-0.3, -0.25) is 14.5 Å². The third-order valence-corrected chi connectivity index (χ3v) is 9.83. The molecule has 2 amide bonds. The van der Waals surface area contributed by atoms with Crippen molar-refractivity contribution in [3.05, 3.63) is 35.9 Å². The van der Waals surface area contributed by atoms with Crippen LogP contribution < -0.4 is 0 Å². The Morgan fingerprint density at radius 2 is 1.70 bits per heavy atom. The third kappa shape index (κ3) is 5.80. The highest BCUT2D eigenvalue weighted by Crippen LogP contribution is 2.49. The van der Waals surface area contributed by atoms with Crippen molar-refractivity contribution in [1.29, 1.82) is 0 Å². The zero-order chi connectivity index (χ0) is 26.4. The first-order chi connectivity index (χ1) is 17.5. The lowest BCUT2D eigenvalue weighted by Crippen LogP contribution is -2.52. The number of nitrogens with zero attached hydrogens (tertiary/aromatic N) is 3. The van der Waals surface area contributed by atoms with Crippen molar-refractivity contribution in [2.45, 2.75) is 55.5 Å². The van der Waals surface area contributed by atoms with Crippen LogP contribution >= 0.6 is 0 Å². The molecule has 1 aliphatic carbocycles. The van der Waals surface area contributed by atoms with Gasteiger partial charge in [0.05, 0.1) is 36.3 Å². The number of rotatable bonds is 5. The lowest BCUT2D eigenvalue weighted by Gasteiger charge is -2.39. The Labute approximate surface area is 214 Å². The predicted octanol–water partition coefficient (Wildman–Crippen LogP) is 1.81. The molecule has 37 heavy (non-hydrogen) atoms. The molecule has 1 aromatic rings. The Bertz CT molecular complexity index is 1110. The Hall–Kier alpha value is -2.18. The van der Waals surface area contributed by atoms with Crippen LogP contribution in [0, 0.1) is 0 Å². The predicted molar refractivity (Wildman–Crippen MR) is 128 cm³/mol. The van der Waals surface area contributed by atoms with Gasteiger partial charge in [0.15, 0.2) is 9.84 Å². The van der Waals surface area contributed by atoms with Crippen molar-refractivity contribution in [3.63, 3.8) is 0 Å². The highest BCUT2D eigenvalue weighted by atomic mass is 32.2. The highest BCUT2D eigenvalue weighted by Gasteiger charge is 2.57. The Balaban J connectivity index is 1.18. The normalized spacial score (nSPS) is 29.3. The molecule has 0 radical (unpaired) electrons. The molecule has 1 aromatic carbocycles. The summed E-state index contributed by atoms with van der Waals surface area (Å²) in [7, 11) is -3.07. The van der Waals surface area contributed by atoms with Crippen molar-refractivity contribution in [2.75, 3.05) is 50.8 Å². The maximum absolute atomic E-state index is 13.6. The van der Waals surface area contributed by atoms with Crippen LogP contribution in [0.5, 0.6) is 0 Å². The van der Waals surface area contributed by atoms with Crippen LogP contribution in [0.4, 0.5) is 13.2 Å². The van der Waals surface area contributed by atoms with Crippen LogP contribution in [0.25, 0.3) is 0 Å². The van der Waals surface area contributed by atoms with E-state index in [1.807, 2.05) is 35.2 Å². The van der Waals surface area contributed by atoms with E-state index in [-0.39, 0.29) is 49.6 Å². The van der Waals surface area contributed by atoms with Gasteiger partial charge in [-0.2, -0.15) is 13.2 Å². The number of amides is 2. The van der Waals surface area contributed by atoms with Crippen LogP contribution in [-0.4, -0.2) is 110 Å². The van der Waals surface area contributed by atoms with E-state index < -0.39 is 39.6 Å². The van der Waals surface area contributed by atoms with Crippen LogP contribution in [0.1, 0.15) is 37.2 Å². The first-order valence-electron chi connectivity index (χ1n) is 12.8. The maximum atomic E-state index is 13.6. The van der Waals surface area contributed by atoms with Crippen LogP contribution in [0.15, 0.2) is 30.3 Å².